The number of allylic oxidation sites excluding steroid dienone is 8. The molecule has 0 unspecified atom stereocenters. The van der Waals surface area contributed by atoms with E-state index >= 15 is 0 Å². The third kappa shape index (κ3) is 3.00. The molecule has 2 aliphatic rings. The topological polar surface area (TPSA) is 0 Å². The summed E-state index contributed by atoms with van der Waals surface area (Å²) in [5.41, 5.74) is 6.17. The molecular formula is C17H24. The normalized spacial score (nSPS) is 18.2. The van der Waals surface area contributed by atoms with E-state index in [9.17, 15) is 0 Å². The minimum Gasteiger partial charge on any atom is -0.0723 e. The summed E-state index contributed by atoms with van der Waals surface area (Å²) in [6, 6.07) is 0. The summed E-state index contributed by atoms with van der Waals surface area (Å²) >= 11 is 0. The zero-order valence-electron chi connectivity index (χ0n) is 11.3. The predicted octanol–water partition coefficient (Wildman–Crippen LogP) is 5.49. The molecule has 0 saturated carbocycles. The van der Waals surface area contributed by atoms with E-state index in [2.05, 4.69) is 38.2 Å². The molecule has 0 heteroatoms. The maximum absolute atomic E-state index is 2.45. The highest BCUT2D eigenvalue weighted by Crippen LogP contribution is 2.36. The van der Waals surface area contributed by atoms with Gasteiger partial charge in [-0.3, -0.25) is 0 Å². The van der Waals surface area contributed by atoms with Crippen LogP contribution in [0.15, 0.2) is 46.6 Å². The van der Waals surface area contributed by atoms with Crippen LogP contribution in [-0.4, -0.2) is 0 Å². The SMILES string of the molecule is CCCCC1=CC2=CC=C(CCCC)C2=CC1. The highest BCUT2D eigenvalue weighted by molar-refractivity contribution is 5.61. The smallest absolute Gasteiger partial charge is 0.0126 e. The number of fused-ring (bicyclic) bond motifs is 1. The quantitative estimate of drug-likeness (QED) is 0.564. The minimum absolute atomic E-state index is 1.18. The molecule has 0 radical (unpaired) electrons. The summed E-state index contributed by atoms with van der Waals surface area (Å²) in [5.74, 6) is 0. The van der Waals surface area contributed by atoms with Gasteiger partial charge in [0.2, 0.25) is 0 Å². The molecule has 0 amide bonds. The highest BCUT2D eigenvalue weighted by atomic mass is 14.2. The fraction of sp³-hybridized carbons (Fsp3) is 0.529. The first-order valence-corrected chi connectivity index (χ1v) is 7.16. The Morgan fingerprint density at radius 1 is 1.00 bits per heavy atom. The van der Waals surface area contributed by atoms with Gasteiger partial charge in [-0.15, -0.1) is 0 Å². The largest absolute Gasteiger partial charge is 0.0723 e. The fourth-order valence-corrected chi connectivity index (χ4v) is 2.61. The van der Waals surface area contributed by atoms with Gasteiger partial charge in [0.15, 0.2) is 0 Å². The van der Waals surface area contributed by atoms with Gasteiger partial charge in [0, 0.05) is 0 Å². The van der Waals surface area contributed by atoms with E-state index in [4.69, 9.17) is 0 Å². The van der Waals surface area contributed by atoms with E-state index in [1.54, 1.807) is 11.1 Å². The Morgan fingerprint density at radius 3 is 2.53 bits per heavy atom. The lowest BCUT2D eigenvalue weighted by molar-refractivity contribution is 0.769. The fourth-order valence-electron chi connectivity index (χ4n) is 2.61. The number of hydrogen-bond donors (Lipinski definition) is 0. The summed E-state index contributed by atoms with van der Waals surface area (Å²) in [6.07, 6.45) is 18.5. The van der Waals surface area contributed by atoms with Crippen molar-refractivity contribution in [2.75, 3.05) is 0 Å². The van der Waals surface area contributed by atoms with Crippen LogP contribution < -0.4 is 0 Å². The van der Waals surface area contributed by atoms with Crippen molar-refractivity contribution in [1.82, 2.24) is 0 Å². The molecule has 0 N–H and O–H groups in total. The molecule has 0 aromatic carbocycles. The van der Waals surface area contributed by atoms with Crippen LogP contribution in [0.25, 0.3) is 0 Å². The van der Waals surface area contributed by atoms with Crippen molar-refractivity contribution in [2.45, 2.75) is 58.8 Å². The zero-order chi connectivity index (χ0) is 12.1. The lowest BCUT2D eigenvalue weighted by Gasteiger charge is -2.16. The molecule has 0 aromatic heterocycles. The Bertz CT molecular complexity index is 388. The van der Waals surface area contributed by atoms with Crippen LogP contribution in [-0.2, 0) is 0 Å². The summed E-state index contributed by atoms with van der Waals surface area (Å²) in [5, 5.41) is 0. The predicted molar refractivity (Wildman–Crippen MR) is 76.0 cm³/mol. The Kier molecular flexibility index (Phi) is 4.42. The average molecular weight is 228 g/mol. The van der Waals surface area contributed by atoms with Gasteiger partial charge in [0.1, 0.15) is 0 Å². The van der Waals surface area contributed by atoms with Gasteiger partial charge in [0.25, 0.3) is 0 Å². The first-order chi connectivity index (χ1) is 8.35. The maximum Gasteiger partial charge on any atom is -0.0126 e. The maximum atomic E-state index is 2.45. The molecule has 0 spiro atoms. The van der Waals surface area contributed by atoms with Gasteiger partial charge >= 0.3 is 0 Å². The van der Waals surface area contributed by atoms with Crippen LogP contribution in [0.1, 0.15) is 58.8 Å². The zero-order valence-corrected chi connectivity index (χ0v) is 11.3. The molecule has 2 aliphatic carbocycles. The van der Waals surface area contributed by atoms with E-state index < -0.39 is 0 Å². The summed E-state index contributed by atoms with van der Waals surface area (Å²) in [7, 11) is 0. The Labute approximate surface area is 106 Å². The van der Waals surface area contributed by atoms with Gasteiger partial charge in [-0.2, -0.15) is 0 Å². The molecule has 0 bridgehead atoms. The first-order valence-electron chi connectivity index (χ1n) is 7.16. The summed E-state index contributed by atoms with van der Waals surface area (Å²) in [6.45, 7) is 4.53. The van der Waals surface area contributed by atoms with E-state index in [1.807, 2.05) is 0 Å². The molecule has 2 rings (SSSR count). The number of hydrogen-bond acceptors (Lipinski definition) is 0. The van der Waals surface area contributed by atoms with E-state index in [1.165, 1.54) is 56.1 Å². The minimum atomic E-state index is 1.18. The Morgan fingerprint density at radius 2 is 1.76 bits per heavy atom. The van der Waals surface area contributed by atoms with Gasteiger partial charge in [-0.05, 0) is 48.8 Å². The third-order valence-electron chi connectivity index (χ3n) is 3.70. The van der Waals surface area contributed by atoms with Crippen molar-refractivity contribution in [3.05, 3.63) is 46.6 Å². The monoisotopic (exact) mass is 228 g/mol. The van der Waals surface area contributed by atoms with Gasteiger partial charge < -0.3 is 0 Å². The lowest BCUT2D eigenvalue weighted by Crippen LogP contribution is -1.97. The molecule has 92 valence electrons. The van der Waals surface area contributed by atoms with E-state index in [0.29, 0.717) is 0 Å². The van der Waals surface area contributed by atoms with Crippen molar-refractivity contribution in [3.63, 3.8) is 0 Å². The van der Waals surface area contributed by atoms with Crippen LogP contribution in [0.2, 0.25) is 0 Å². The number of unbranched alkanes of at least 4 members (excludes halogenated alkanes) is 2. The molecule has 0 fully saturated rings. The van der Waals surface area contributed by atoms with Crippen LogP contribution in [0.3, 0.4) is 0 Å². The summed E-state index contributed by atoms with van der Waals surface area (Å²) < 4.78 is 0. The molecule has 0 atom stereocenters. The first kappa shape index (κ1) is 12.4. The Balaban J connectivity index is 1.96. The van der Waals surface area contributed by atoms with Crippen molar-refractivity contribution in [2.24, 2.45) is 0 Å². The molecule has 17 heavy (non-hydrogen) atoms. The van der Waals surface area contributed by atoms with Crippen LogP contribution in [0.4, 0.5) is 0 Å². The molecule has 0 aromatic rings. The van der Waals surface area contributed by atoms with Gasteiger partial charge in [-0.25, -0.2) is 0 Å². The molecule has 0 heterocycles. The van der Waals surface area contributed by atoms with Crippen LogP contribution in [0.5, 0.6) is 0 Å². The lowest BCUT2D eigenvalue weighted by atomic mass is 9.89. The highest BCUT2D eigenvalue weighted by Gasteiger charge is 2.17. The van der Waals surface area contributed by atoms with Crippen molar-refractivity contribution < 1.29 is 0 Å². The van der Waals surface area contributed by atoms with Crippen molar-refractivity contribution in [1.29, 1.82) is 0 Å². The van der Waals surface area contributed by atoms with E-state index in [-0.39, 0.29) is 0 Å². The third-order valence-corrected chi connectivity index (χ3v) is 3.70. The second kappa shape index (κ2) is 6.05. The van der Waals surface area contributed by atoms with Crippen LogP contribution in [0, 0.1) is 0 Å². The second-order valence-electron chi connectivity index (χ2n) is 5.15. The van der Waals surface area contributed by atoms with Crippen LogP contribution >= 0.6 is 0 Å². The second-order valence-corrected chi connectivity index (χ2v) is 5.15. The molecule has 0 saturated heterocycles. The Hall–Kier alpha value is -1.04. The van der Waals surface area contributed by atoms with Gasteiger partial charge in [-0.1, -0.05) is 56.6 Å². The molecular weight excluding hydrogens is 204 g/mol. The van der Waals surface area contributed by atoms with Crippen molar-refractivity contribution >= 4 is 0 Å². The number of rotatable bonds is 6. The molecule has 0 nitrogen and oxygen atoms in total. The molecule has 0 aliphatic heterocycles. The average Bonchev–Trinajstić information content (AvgIpc) is 2.76. The standard InChI is InChI=1S/C17H24/c1-3-5-7-14-9-12-17-15(8-6-4-2)10-11-16(17)13-14/h10-13H,3-9H2,1-2H3. The van der Waals surface area contributed by atoms with E-state index in [0.717, 1.165) is 0 Å². The van der Waals surface area contributed by atoms with Crippen molar-refractivity contribution in [3.8, 4) is 0 Å². The van der Waals surface area contributed by atoms with Gasteiger partial charge in [0.05, 0.1) is 0 Å². The summed E-state index contributed by atoms with van der Waals surface area (Å²) in [4.78, 5) is 0.